The van der Waals surface area contributed by atoms with Crippen LogP contribution >= 0.6 is 15.9 Å². The molecule has 2 N–H and O–H groups in total. The third-order valence-corrected chi connectivity index (χ3v) is 3.95. The lowest BCUT2D eigenvalue weighted by molar-refractivity contribution is 0.881. The van der Waals surface area contributed by atoms with Crippen LogP contribution in [0.4, 0.5) is 5.69 Å². The highest BCUT2D eigenvalue weighted by atomic mass is 79.9. The maximum absolute atomic E-state index is 4.09. The molecule has 0 spiro atoms. The molecule has 3 rings (SSSR count). The SMILES string of the molecule is CC(Nc1cccc2[nH]ncc12)c1ccccc1Br. The minimum absolute atomic E-state index is 0.219. The molecule has 1 atom stereocenters. The number of rotatable bonds is 3. The van der Waals surface area contributed by atoms with Gasteiger partial charge in [-0.25, -0.2) is 0 Å². The van der Waals surface area contributed by atoms with Gasteiger partial charge in [0.25, 0.3) is 0 Å². The van der Waals surface area contributed by atoms with Gasteiger partial charge >= 0.3 is 0 Å². The first-order chi connectivity index (χ1) is 9.25. The average Bonchev–Trinajstić information content (AvgIpc) is 2.88. The number of halogens is 1. The first-order valence-electron chi connectivity index (χ1n) is 6.19. The Hall–Kier alpha value is -1.81. The molecule has 0 saturated carbocycles. The Morgan fingerprint density at radius 1 is 1.16 bits per heavy atom. The monoisotopic (exact) mass is 315 g/mol. The molecule has 3 aromatic rings. The quantitative estimate of drug-likeness (QED) is 0.747. The zero-order valence-electron chi connectivity index (χ0n) is 10.5. The van der Waals surface area contributed by atoms with Gasteiger partial charge < -0.3 is 5.32 Å². The lowest BCUT2D eigenvalue weighted by atomic mass is 10.1. The predicted molar refractivity (Wildman–Crippen MR) is 82.3 cm³/mol. The normalized spacial score (nSPS) is 12.5. The number of hydrogen-bond donors (Lipinski definition) is 2. The topological polar surface area (TPSA) is 40.7 Å². The standard InChI is InChI=1S/C15H14BrN3/c1-10(11-5-2-3-6-13(11)16)18-14-7-4-8-15-12(14)9-17-19-15/h2-10,18H,1H3,(H,17,19). The molecule has 0 saturated heterocycles. The molecule has 4 heteroatoms. The molecule has 0 aliphatic heterocycles. The van der Waals surface area contributed by atoms with Gasteiger partial charge in [-0.15, -0.1) is 0 Å². The Morgan fingerprint density at radius 3 is 2.84 bits per heavy atom. The third-order valence-electron chi connectivity index (χ3n) is 3.23. The number of hydrogen-bond acceptors (Lipinski definition) is 2. The van der Waals surface area contributed by atoms with Crippen molar-refractivity contribution in [1.82, 2.24) is 10.2 Å². The molecular weight excluding hydrogens is 302 g/mol. The van der Waals surface area contributed by atoms with Crippen LogP contribution in [0.2, 0.25) is 0 Å². The Kier molecular flexibility index (Phi) is 3.25. The van der Waals surface area contributed by atoms with Gasteiger partial charge in [0.2, 0.25) is 0 Å². The zero-order valence-corrected chi connectivity index (χ0v) is 12.1. The van der Waals surface area contributed by atoms with Crippen LogP contribution in [0.3, 0.4) is 0 Å². The van der Waals surface area contributed by atoms with Crippen LogP contribution in [0.5, 0.6) is 0 Å². The summed E-state index contributed by atoms with van der Waals surface area (Å²) in [6, 6.07) is 14.6. The van der Waals surface area contributed by atoms with Gasteiger partial charge in [-0.3, -0.25) is 5.10 Å². The molecule has 0 fully saturated rings. The summed E-state index contributed by atoms with van der Waals surface area (Å²) in [5.74, 6) is 0. The lowest BCUT2D eigenvalue weighted by Crippen LogP contribution is -2.07. The molecule has 96 valence electrons. The summed E-state index contributed by atoms with van der Waals surface area (Å²) in [5.41, 5.74) is 3.38. The van der Waals surface area contributed by atoms with Gasteiger partial charge in [0, 0.05) is 21.6 Å². The maximum Gasteiger partial charge on any atom is 0.0671 e. The van der Waals surface area contributed by atoms with E-state index >= 15 is 0 Å². The number of aromatic amines is 1. The fraction of sp³-hybridized carbons (Fsp3) is 0.133. The van der Waals surface area contributed by atoms with E-state index in [1.165, 1.54) is 5.56 Å². The molecule has 0 amide bonds. The van der Waals surface area contributed by atoms with Crippen molar-refractivity contribution in [3.05, 3.63) is 58.7 Å². The Bertz CT molecular complexity index is 705. The van der Waals surface area contributed by atoms with Gasteiger partial charge in [-0.1, -0.05) is 40.2 Å². The largest absolute Gasteiger partial charge is 0.378 e. The van der Waals surface area contributed by atoms with E-state index in [0.29, 0.717) is 0 Å². The van der Waals surface area contributed by atoms with Crippen LogP contribution in [0.15, 0.2) is 53.1 Å². The molecule has 19 heavy (non-hydrogen) atoms. The first-order valence-corrected chi connectivity index (χ1v) is 6.98. The van der Waals surface area contributed by atoms with Gasteiger partial charge in [0.15, 0.2) is 0 Å². The van der Waals surface area contributed by atoms with Crippen LogP contribution in [-0.2, 0) is 0 Å². The van der Waals surface area contributed by atoms with Gasteiger partial charge in [-0.05, 0) is 30.7 Å². The van der Waals surface area contributed by atoms with Crippen molar-refractivity contribution in [2.75, 3.05) is 5.32 Å². The molecule has 0 aliphatic carbocycles. The summed E-state index contributed by atoms with van der Waals surface area (Å²) in [6.45, 7) is 2.15. The molecule has 0 aliphatic rings. The van der Waals surface area contributed by atoms with Crippen LogP contribution in [0.25, 0.3) is 10.9 Å². The minimum atomic E-state index is 0.219. The highest BCUT2D eigenvalue weighted by molar-refractivity contribution is 9.10. The smallest absolute Gasteiger partial charge is 0.0671 e. The minimum Gasteiger partial charge on any atom is -0.378 e. The van der Waals surface area contributed by atoms with E-state index in [0.717, 1.165) is 21.1 Å². The summed E-state index contributed by atoms with van der Waals surface area (Å²) in [5, 5.41) is 11.7. The van der Waals surface area contributed by atoms with Crippen molar-refractivity contribution in [3.63, 3.8) is 0 Å². The maximum atomic E-state index is 4.09. The lowest BCUT2D eigenvalue weighted by Gasteiger charge is -2.17. The van der Waals surface area contributed by atoms with Crippen molar-refractivity contribution >= 4 is 32.5 Å². The van der Waals surface area contributed by atoms with Crippen molar-refractivity contribution in [2.45, 2.75) is 13.0 Å². The summed E-state index contributed by atoms with van der Waals surface area (Å²) < 4.78 is 1.12. The number of H-pyrrole nitrogens is 1. The second-order valence-corrected chi connectivity index (χ2v) is 5.38. The highest BCUT2D eigenvalue weighted by Crippen LogP contribution is 2.29. The van der Waals surface area contributed by atoms with Crippen LogP contribution in [0, 0.1) is 0 Å². The zero-order chi connectivity index (χ0) is 13.2. The highest BCUT2D eigenvalue weighted by Gasteiger charge is 2.10. The molecule has 0 bridgehead atoms. The number of benzene rings is 2. The Morgan fingerprint density at radius 2 is 2.00 bits per heavy atom. The van der Waals surface area contributed by atoms with Crippen LogP contribution in [-0.4, -0.2) is 10.2 Å². The fourth-order valence-electron chi connectivity index (χ4n) is 2.23. The third kappa shape index (κ3) is 2.36. The van der Waals surface area contributed by atoms with E-state index in [1.54, 1.807) is 0 Å². The first kappa shape index (κ1) is 12.2. The number of anilines is 1. The molecular formula is C15H14BrN3. The fourth-order valence-corrected chi connectivity index (χ4v) is 2.86. The molecule has 0 radical (unpaired) electrons. The van der Waals surface area contributed by atoms with E-state index in [1.807, 2.05) is 24.4 Å². The molecule has 1 unspecified atom stereocenters. The summed E-state index contributed by atoms with van der Waals surface area (Å²) in [6.07, 6.45) is 1.85. The number of aromatic nitrogens is 2. The second kappa shape index (κ2) is 5.05. The van der Waals surface area contributed by atoms with Crippen molar-refractivity contribution in [2.24, 2.45) is 0 Å². The van der Waals surface area contributed by atoms with Crippen LogP contribution in [0.1, 0.15) is 18.5 Å². The summed E-state index contributed by atoms with van der Waals surface area (Å²) >= 11 is 3.59. The Balaban J connectivity index is 1.93. The van der Waals surface area contributed by atoms with Gasteiger partial charge in [-0.2, -0.15) is 5.10 Å². The average molecular weight is 316 g/mol. The van der Waals surface area contributed by atoms with E-state index in [2.05, 4.69) is 62.6 Å². The number of nitrogens with zero attached hydrogens (tertiary/aromatic N) is 1. The molecule has 1 aromatic heterocycles. The number of nitrogens with one attached hydrogen (secondary N) is 2. The Labute approximate surface area is 120 Å². The van der Waals surface area contributed by atoms with Crippen molar-refractivity contribution < 1.29 is 0 Å². The van der Waals surface area contributed by atoms with Crippen LogP contribution < -0.4 is 5.32 Å². The van der Waals surface area contributed by atoms with E-state index in [-0.39, 0.29) is 6.04 Å². The van der Waals surface area contributed by atoms with Gasteiger partial charge in [0.1, 0.15) is 0 Å². The van der Waals surface area contributed by atoms with E-state index in [9.17, 15) is 0 Å². The molecule has 3 nitrogen and oxygen atoms in total. The molecule has 2 aromatic carbocycles. The second-order valence-electron chi connectivity index (χ2n) is 4.52. The predicted octanol–water partition coefficient (Wildman–Crippen LogP) is 4.50. The van der Waals surface area contributed by atoms with E-state index < -0.39 is 0 Å². The van der Waals surface area contributed by atoms with Gasteiger partial charge in [0.05, 0.1) is 11.7 Å². The summed E-state index contributed by atoms with van der Waals surface area (Å²) in [7, 11) is 0. The number of fused-ring (bicyclic) bond motifs is 1. The van der Waals surface area contributed by atoms with Crippen molar-refractivity contribution in [1.29, 1.82) is 0 Å². The van der Waals surface area contributed by atoms with Crippen molar-refractivity contribution in [3.8, 4) is 0 Å². The molecule has 1 heterocycles. The van der Waals surface area contributed by atoms with E-state index in [4.69, 9.17) is 0 Å². The summed E-state index contributed by atoms with van der Waals surface area (Å²) in [4.78, 5) is 0.